The molecule has 1 fully saturated rings. The molecule has 1 unspecified atom stereocenters. The first kappa shape index (κ1) is 19.5. The normalized spacial score (nSPS) is 16.3. The first-order valence-corrected chi connectivity index (χ1v) is 10.2. The van der Waals surface area contributed by atoms with Crippen LogP contribution in [-0.2, 0) is 12.0 Å². The lowest BCUT2D eigenvalue weighted by Crippen LogP contribution is -2.30. The lowest BCUT2D eigenvalue weighted by molar-refractivity contribution is 0.0804. The van der Waals surface area contributed by atoms with E-state index in [0.717, 1.165) is 29.5 Å². The zero-order valence-corrected chi connectivity index (χ0v) is 16.8. The van der Waals surface area contributed by atoms with Crippen molar-refractivity contribution in [3.63, 3.8) is 0 Å². The van der Waals surface area contributed by atoms with Gasteiger partial charge in [0.05, 0.1) is 13.2 Å². The first-order valence-electron chi connectivity index (χ1n) is 10.2. The van der Waals surface area contributed by atoms with E-state index in [9.17, 15) is 5.11 Å². The summed E-state index contributed by atoms with van der Waals surface area (Å²) >= 11 is 0. The molecule has 0 bridgehead atoms. The fourth-order valence-electron chi connectivity index (χ4n) is 4.09. The van der Waals surface area contributed by atoms with Gasteiger partial charge in [0, 0.05) is 18.8 Å². The Kier molecular flexibility index (Phi) is 5.81. The largest absolute Gasteiger partial charge is 0.493 e. The minimum atomic E-state index is -1.19. The van der Waals surface area contributed by atoms with E-state index in [0.29, 0.717) is 17.9 Å². The van der Waals surface area contributed by atoms with Crippen molar-refractivity contribution in [2.75, 3.05) is 7.11 Å². The fourth-order valence-corrected chi connectivity index (χ4v) is 4.09. The van der Waals surface area contributed by atoms with Crippen molar-refractivity contribution in [2.24, 2.45) is 0 Å². The number of benzene rings is 2. The summed E-state index contributed by atoms with van der Waals surface area (Å²) in [5.74, 6) is 1.39. The number of ether oxygens (including phenoxy) is 2. The van der Waals surface area contributed by atoms with E-state index in [1.807, 2.05) is 60.7 Å². The molecule has 150 valence electrons. The Bertz CT molecular complexity index is 923. The Labute approximate surface area is 172 Å². The molecule has 1 aliphatic carbocycles. The quantitative estimate of drug-likeness (QED) is 0.625. The van der Waals surface area contributed by atoms with Gasteiger partial charge in [0.2, 0.25) is 0 Å². The molecule has 1 heterocycles. The first-order chi connectivity index (χ1) is 14.2. The van der Waals surface area contributed by atoms with Gasteiger partial charge in [0.15, 0.2) is 11.5 Å². The third-order valence-electron chi connectivity index (χ3n) is 5.70. The Morgan fingerprint density at radius 2 is 1.66 bits per heavy atom. The van der Waals surface area contributed by atoms with Crippen molar-refractivity contribution in [1.82, 2.24) is 4.98 Å². The predicted molar refractivity (Wildman–Crippen MR) is 113 cm³/mol. The monoisotopic (exact) mass is 389 g/mol. The summed E-state index contributed by atoms with van der Waals surface area (Å²) in [6, 6.07) is 19.4. The van der Waals surface area contributed by atoms with Gasteiger partial charge in [-0.3, -0.25) is 4.98 Å². The molecule has 4 heteroatoms. The molecule has 4 rings (SSSR count). The molecule has 1 atom stereocenters. The van der Waals surface area contributed by atoms with E-state index in [1.54, 1.807) is 19.5 Å². The summed E-state index contributed by atoms with van der Waals surface area (Å²) in [6.45, 7) is 0. The third kappa shape index (κ3) is 4.28. The van der Waals surface area contributed by atoms with Crippen molar-refractivity contribution in [1.29, 1.82) is 0 Å². The number of aliphatic hydroxyl groups is 1. The number of hydrogen-bond donors (Lipinski definition) is 1. The van der Waals surface area contributed by atoms with Crippen molar-refractivity contribution < 1.29 is 14.6 Å². The van der Waals surface area contributed by atoms with Crippen LogP contribution in [0.5, 0.6) is 11.5 Å². The molecule has 4 nitrogen and oxygen atoms in total. The highest BCUT2D eigenvalue weighted by Crippen LogP contribution is 2.39. The van der Waals surface area contributed by atoms with Gasteiger partial charge < -0.3 is 14.6 Å². The van der Waals surface area contributed by atoms with Crippen molar-refractivity contribution in [3.8, 4) is 11.5 Å². The van der Waals surface area contributed by atoms with Gasteiger partial charge in [0.25, 0.3) is 0 Å². The summed E-state index contributed by atoms with van der Waals surface area (Å²) in [4.78, 5) is 4.10. The summed E-state index contributed by atoms with van der Waals surface area (Å²) in [6.07, 6.45) is 8.68. The number of methoxy groups -OCH3 is 1. The van der Waals surface area contributed by atoms with E-state index in [4.69, 9.17) is 9.47 Å². The standard InChI is InChI=1S/C25H27NO3/c1-28-23-12-11-21(17-24(23)29-22-9-5-6-10-22)25(27,20-7-3-2-4-8-20)18-19-13-15-26-16-14-19/h2-4,7-8,11-17,22,27H,5-6,9-10,18H2,1H3. The number of nitrogens with zero attached hydrogens (tertiary/aromatic N) is 1. The summed E-state index contributed by atoms with van der Waals surface area (Å²) < 4.78 is 11.8. The molecule has 0 saturated heterocycles. The number of rotatable bonds is 7. The van der Waals surface area contributed by atoms with E-state index >= 15 is 0 Å². The molecule has 0 spiro atoms. The number of hydrogen-bond acceptors (Lipinski definition) is 4. The zero-order valence-electron chi connectivity index (χ0n) is 16.8. The van der Waals surface area contributed by atoms with Gasteiger partial charge in [-0.15, -0.1) is 0 Å². The molecule has 0 radical (unpaired) electrons. The zero-order chi connectivity index (χ0) is 20.1. The maximum Gasteiger partial charge on any atom is 0.161 e. The fraction of sp³-hybridized carbons (Fsp3) is 0.320. The maximum atomic E-state index is 11.9. The molecule has 1 N–H and O–H groups in total. The van der Waals surface area contributed by atoms with E-state index in [1.165, 1.54) is 12.8 Å². The van der Waals surface area contributed by atoms with Crippen LogP contribution in [0, 0.1) is 0 Å². The number of pyridine rings is 1. The molecule has 1 saturated carbocycles. The van der Waals surface area contributed by atoms with Gasteiger partial charge in [0.1, 0.15) is 5.60 Å². The van der Waals surface area contributed by atoms with Crippen LogP contribution in [0.4, 0.5) is 0 Å². The minimum Gasteiger partial charge on any atom is -0.493 e. The lowest BCUT2D eigenvalue weighted by atomic mass is 9.81. The summed E-state index contributed by atoms with van der Waals surface area (Å²) in [5, 5.41) is 11.9. The van der Waals surface area contributed by atoms with Crippen LogP contribution >= 0.6 is 0 Å². The second-order valence-corrected chi connectivity index (χ2v) is 7.65. The van der Waals surface area contributed by atoms with E-state index < -0.39 is 5.60 Å². The Hall–Kier alpha value is -2.85. The molecule has 1 aliphatic rings. The van der Waals surface area contributed by atoms with Gasteiger partial charge in [-0.25, -0.2) is 0 Å². The number of aromatic nitrogens is 1. The second-order valence-electron chi connectivity index (χ2n) is 7.65. The molecular formula is C25H27NO3. The van der Waals surface area contributed by atoms with Crippen molar-refractivity contribution in [2.45, 2.75) is 43.8 Å². The van der Waals surface area contributed by atoms with Gasteiger partial charge in [-0.05, 0) is 66.6 Å². The molecule has 3 aromatic rings. The van der Waals surface area contributed by atoms with Gasteiger partial charge >= 0.3 is 0 Å². The minimum absolute atomic E-state index is 0.212. The second kappa shape index (κ2) is 8.66. The molecule has 0 aliphatic heterocycles. The highest BCUT2D eigenvalue weighted by molar-refractivity contribution is 5.48. The van der Waals surface area contributed by atoms with Crippen LogP contribution in [0.25, 0.3) is 0 Å². The SMILES string of the molecule is COc1ccc(C(O)(Cc2ccncc2)c2ccccc2)cc1OC1CCCC1. The Morgan fingerprint density at radius 3 is 2.34 bits per heavy atom. The Morgan fingerprint density at radius 1 is 0.931 bits per heavy atom. The molecular weight excluding hydrogens is 362 g/mol. The van der Waals surface area contributed by atoms with Gasteiger partial charge in [-0.2, -0.15) is 0 Å². The summed E-state index contributed by atoms with van der Waals surface area (Å²) in [5.41, 5.74) is 1.45. The molecule has 29 heavy (non-hydrogen) atoms. The summed E-state index contributed by atoms with van der Waals surface area (Å²) in [7, 11) is 1.65. The predicted octanol–water partition coefficient (Wildman–Crippen LogP) is 4.89. The van der Waals surface area contributed by atoms with Crippen LogP contribution < -0.4 is 9.47 Å². The van der Waals surface area contributed by atoms with Crippen LogP contribution in [0.15, 0.2) is 73.1 Å². The van der Waals surface area contributed by atoms with Crippen molar-refractivity contribution >= 4 is 0 Å². The molecule has 0 amide bonds. The smallest absolute Gasteiger partial charge is 0.161 e. The van der Waals surface area contributed by atoms with Crippen LogP contribution in [0.1, 0.15) is 42.4 Å². The van der Waals surface area contributed by atoms with E-state index in [2.05, 4.69) is 4.98 Å². The highest BCUT2D eigenvalue weighted by atomic mass is 16.5. The van der Waals surface area contributed by atoms with Gasteiger partial charge in [-0.1, -0.05) is 36.4 Å². The molecule has 2 aromatic carbocycles. The van der Waals surface area contributed by atoms with Crippen LogP contribution in [-0.4, -0.2) is 23.3 Å². The molecule has 1 aromatic heterocycles. The topological polar surface area (TPSA) is 51.6 Å². The third-order valence-corrected chi connectivity index (χ3v) is 5.70. The maximum absolute atomic E-state index is 11.9. The van der Waals surface area contributed by atoms with Crippen LogP contribution in [0.2, 0.25) is 0 Å². The Balaban J connectivity index is 1.75. The van der Waals surface area contributed by atoms with Crippen molar-refractivity contribution in [3.05, 3.63) is 89.7 Å². The van der Waals surface area contributed by atoms with Crippen LogP contribution in [0.3, 0.4) is 0 Å². The highest BCUT2D eigenvalue weighted by Gasteiger charge is 2.33. The average molecular weight is 389 g/mol. The van der Waals surface area contributed by atoms with E-state index in [-0.39, 0.29) is 6.10 Å². The lowest BCUT2D eigenvalue weighted by Gasteiger charge is -2.30. The average Bonchev–Trinajstić information content (AvgIpc) is 3.28.